The molecule has 0 fully saturated rings. The highest BCUT2D eigenvalue weighted by Crippen LogP contribution is 2.29. The summed E-state index contributed by atoms with van der Waals surface area (Å²) in [5.74, 6) is 0.278. The molecular weight excluding hydrogens is 375 g/mol. The Kier molecular flexibility index (Phi) is 4.69. The van der Waals surface area contributed by atoms with E-state index in [-0.39, 0.29) is 11.9 Å². The van der Waals surface area contributed by atoms with Crippen LogP contribution in [-0.4, -0.2) is 27.9 Å². The summed E-state index contributed by atoms with van der Waals surface area (Å²) in [7, 11) is 0. The average molecular weight is 393 g/mol. The molecule has 6 heteroatoms. The highest BCUT2D eigenvalue weighted by molar-refractivity contribution is 9.10. The van der Waals surface area contributed by atoms with Crippen molar-refractivity contribution in [1.82, 2.24) is 4.98 Å². The number of dihydropyridines is 1. The highest BCUT2D eigenvalue weighted by atomic mass is 79.9. The van der Waals surface area contributed by atoms with E-state index in [1.165, 1.54) is 12.1 Å². The van der Waals surface area contributed by atoms with E-state index in [2.05, 4.69) is 25.9 Å². The van der Waals surface area contributed by atoms with Gasteiger partial charge < -0.3 is 9.52 Å². The van der Waals surface area contributed by atoms with Crippen LogP contribution in [0.25, 0.3) is 5.57 Å². The first-order valence-electron chi connectivity index (χ1n) is 7.68. The molecule has 24 heavy (non-hydrogen) atoms. The number of benzene rings is 1. The first kappa shape index (κ1) is 17.0. The van der Waals surface area contributed by atoms with Gasteiger partial charge in [0.05, 0.1) is 11.6 Å². The Labute approximate surface area is 148 Å². The minimum absolute atomic E-state index is 0.161. The average Bonchev–Trinajstić information content (AvgIpc) is 2.89. The molecule has 1 unspecified atom stereocenters. The molecule has 0 bridgehead atoms. The van der Waals surface area contributed by atoms with E-state index >= 15 is 0 Å². The lowest BCUT2D eigenvalue weighted by molar-refractivity contribution is 0.0539. The van der Waals surface area contributed by atoms with E-state index in [1.54, 1.807) is 32.2 Å². The number of aliphatic hydroxyl groups is 1. The number of aromatic nitrogens is 1. The molecule has 3 rings (SSSR count). The summed E-state index contributed by atoms with van der Waals surface area (Å²) < 4.78 is 19.2. The third-order valence-corrected chi connectivity index (χ3v) is 4.48. The molecule has 0 aliphatic carbocycles. The molecule has 1 N–H and O–H groups in total. The van der Waals surface area contributed by atoms with Gasteiger partial charge in [-0.05, 0) is 53.9 Å². The Morgan fingerprint density at radius 3 is 2.62 bits per heavy atom. The maximum atomic E-state index is 13.0. The Morgan fingerprint density at radius 2 is 2.04 bits per heavy atom. The molecule has 0 saturated heterocycles. The lowest BCUT2D eigenvalue weighted by atomic mass is 9.93. The zero-order valence-corrected chi connectivity index (χ0v) is 15.0. The number of halogens is 2. The molecule has 0 radical (unpaired) electrons. The Morgan fingerprint density at radius 1 is 1.33 bits per heavy atom. The van der Waals surface area contributed by atoms with Gasteiger partial charge in [-0.2, -0.15) is 0 Å². The van der Waals surface area contributed by atoms with Gasteiger partial charge in [0.2, 0.25) is 5.89 Å². The zero-order chi connectivity index (χ0) is 17.3. The molecule has 1 aliphatic heterocycles. The maximum Gasteiger partial charge on any atom is 0.200 e. The van der Waals surface area contributed by atoms with Crippen LogP contribution in [0.3, 0.4) is 0 Å². The molecule has 2 aromatic rings. The minimum atomic E-state index is -0.854. The van der Waals surface area contributed by atoms with E-state index in [0.29, 0.717) is 29.1 Å². The van der Waals surface area contributed by atoms with Crippen LogP contribution in [0.2, 0.25) is 0 Å². The summed E-state index contributed by atoms with van der Waals surface area (Å²) >= 11 is 3.39. The van der Waals surface area contributed by atoms with Crippen LogP contribution in [0.5, 0.6) is 0 Å². The summed E-state index contributed by atoms with van der Waals surface area (Å²) in [4.78, 5) is 8.92. The monoisotopic (exact) mass is 392 g/mol. The number of nitrogens with zero attached hydrogens (tertiary/aromatic N) is 2. The van der Waals surface area contributed by atoms with Crippen molar-refractivity contribution < 1.29 is 13.9 Å². The standard InChI is InChI=1S/C18H18BrFN2O2/c1-18(2,23)14-8-5-12(10-21-14)16-17(19)24-15(22-16)9-11-3-6-13(20)7-4-11/h3-7,10,14,23H,8-9H2,1-2H3. The predicted molar refractivity (Wildman–Crippen MR) is 94.6 cm³/mol. The second-order valence-electron chi connectivity index (χ2n) is 6.38. The van der Waals surface area contributed by atoms with Crippen molar-refractivity contribution in [2.24, 2.45) is 4.99 Å². The third-order valence-electron chi connectivity index (χ3n) is 3.94. The molecule has 1 aliphatic rings. The summed E-state index contributed by atoms with van der Waals surface area (Å²) in [6.45, 7) is 3.50. The van der Waals surface area contributed by atoms with E-state index in [4.69, 9.17) is 4.42 Å². The van der Waals surface area contributed by atoms with Crippen molar-refractivity contribution in [2.75, 3.05) is 0 Å². The Bertz CT molecular complexity index is 788. The van der Waals surface area contributed by atoms with Crippen LogP contribution in [0.4, 0.5) is 4.39 Å². The van der Waals surface area contributed by atoms with Crippen molar-refractivity contribution in [1.29, 1.82) is 0 Å². The van der Waals surface area contributed by atoms with Crippen LogP contribution in [0.1, 0.15) is 37.4 Å². The topological polar surface area (TPSA) is 58.6 Å². The van der Waals surface area contributed by atoms with E-state index in [9.17, 15) is 9.50 Å². The lowest BCUT2D eigenvalue weighted by Crippen LogP contribution is -2.35. The number of oxazole rings is 1. The first-order valence-corrected chi connectivity index (χ1v) is 8.48. The molecule has 4 nitrogen and oxygen atoms in total. The van der Waals surface area contributed by atoms with Gasteiger partial charge in [0, 0.05) is 18.2 Å². The molecule has 2 heterocycles. The summed E-state index contributed by atoms with van der Waals surface area (Å²) in [5.41, 5.74) is 1.61. The second kappa shape index (κ2) is 6.61. The minimum Gasteiger partial charge on any atom is -0.433 e. The van der Waals surface area contributed by atoms with Crippen molar-refractivity contribution in [3.63, 3.8) is 0 Å². The summed E-state index contributed by atoms with van der Waals surface area (Å²) in [5, 5.41) is 10.0. The largest absolute Gasteiger partial charge is 0.433 e. The van der Waals surface area contributed by atoms with Gasteiger partial charge in [0.1, 0.15) is 11.5 Å². The van der Waals surface area contributed by atoms with Gasteiger partial charge >= 0.3 is 0 Å². The smallest absolute Gasteiger partial charge is 0.200 e. The third kappa shape index (κ3) is 3.82. The highest BCUT2D eigenvalue weighted by Gasteiger charge is 2.27. The van der Waals surface area contributed by atoms with E-state index < -0.39 is 5.60 Å². The predicted octanol–water partition coefficient (Wildman–Crippen LogP) is 4.16. The molecule has 1 aromatic carbocycles. The number of hydrogen-bond acceptors (Lipinski definition) is 4. The van der Waals surface area contributed by atoms with Gasteiger partial charge in [0.15, 0.2) is 4.67 Å². The number of rotatable bonds is 4. The molecule has 0 saturated carbocycles. The van der Waals surface area contributed by atoms with Crippen LogP contribution in [-0.2, 0) is 6.42 Å². The van der Waals surface area contributed by atoms with Crippen LogP contribution >= 0.6 is 15.9 Å². The van der Waals surface area contributed by atoms with Gasteiger partial charge in [-0.3, -0.25) is 4.99 Å². The SMILES string of the molecule is CC(C)(O)C1CC=C(c2nc(Cc3ccc(F)cc3)oc2Br)C=N1. The fourth-order valence-corrected chi connectivity index (χ4v) is 3.03. The molecular formula is C18H18BrFN2O2. The maximum absolute atomic E-state index is 13.0. The zero-order valence-electron chi connectivity index (χ0n) is 13.5. The molecule has 1 atom stereocenters. The lowest BCUT2D eigenvalue weighted by Gasteiger charge is -2.26. The number of allylic oxidation sites excluding steroid dienone is 1. The van der Waals surface area contributed by atoms with Crippen LogP contribution in [0, 0.1) is 5.82 Å². The normalized spacial score (nSPS) is 17.9. The van der Waals surface area contributed by atoms with Crippen LogP contribution in [0.15, 0.2) is 44.4 Å². The fourth-order valence-electron chi connectivity index (χ4n) is 2.52. The van der Waals surface area contributed by atoms with Crippen molar-refractivity contribution >= 4 is 27.7 Å². The second-order valence-corrected chi connectivity index (χ2v) is 7.10. The fraction of sp³-hybridized carbons (Fsp3) is 0.333. The van der Waals surface area contributed by atoms with Crippen LogP contribution < -0.4 is 0 Å². The first-order chi connectivity index (χ1) is 11.3. The van der Waals surface area contributed by atoms with Crippen molar-refractivity contribution in [3.8, 4) is 0 Å². The van der Waals surface area contributed by atoms with E-state index in [1.807, 2.05) is 6.08 Å². The molecule has 1 aromatic heterocycles. The summed E-state index contributed by atoms with van der Waals surface area (Å²) in [6, 6.07) is 6.10. The van der Waals surface area contributed by atoms with Crippen molar-refractivity contribution in [2.45, 2.75) is 38.3 Å². The molecule has 126 valence electrons. The van der Waals surface area contributed by atoms with Gasteiger partial charge in [-0.15, -0.1) is 0 Å². The quantitative estimate of drug-likeness (QED) is 0.849. The summed E-state index contributed by atoms with van der Waals surface area (Å²) in [6.07, 6.45) is 4.84. The van der Waals surface area contributed by atoms with Gasteiger partial charge in [0.25, 0.3) is 0 Å². The number of aliphatic imine (C=N–C) groups is 1. The van der Waals surface area contributed by atoms with Gasteiger partial charge in [-0.25, -0.2) is 9.37 Å². The van der Waals surface area contributed by atoms with Crippen molar-refractivity contribution in [3.05, 3.63) is 58.0 Å². The molecule has 0 amide bonds. The molecule has 0 spiro atoms. The Balaban J connectivity index is 1.77. The Hall–Kier alpha value is -1.79. The number of hydrogen-bond donors (Lipinski definition) is 1. The van der Waals surface area contributed by atoms with E-state index in [0.717, 1.165) is 11.1 Å². The van der Waals surface area contributed by atoms with Gasteiger partial charge in [-0.1, -0.05) is 18.2 Å².